The van der Waals surface area contributed by atoms with Gasteiger partial charge in [-0.2, -0.15) is 0 Å². The number of benzene rings is 1. The standard InChI is InChI=1S/C14H17N3O3/c1-17-8-9(15)4-13(17)14(18)16-10-5-11(19-2)7-12(6-10)20-3/h4-8H,15H2,1-3H3,(H,16,18). The van der Waals surface area contributed by atoms with E-state index < -0.39 is 0 Å². The highest BCUT2D eigenvalue weighted by Gasteiger charge is 2.12. The summed E-state index contributed by atoms with van der Waals surface area (Å²) in [5.74, 6) is 0.955. The maximum atomic E-state index is 12.2. The molecule has 0 bridgehead atoms. The minimum absolute atomic E-state index is 0.250. The van der Waals surface area contributed by atoms with Gasteiger partial charge in [0.1, 0.15) is 17.2 Å². The lowest BCUT2D eigenvalue weighted by atomic mass is 10.2. The van der Waals surface area contributed by atoms with Crippen LogP contribution in [-0.2, 0) is 7.05 Å². The van der Waals surface area contributed by atoms with Crippen LogP contribution in [0.3, 0.4) is 0 Å². The molecule has 1 amide bonds. The number of nitrogen functional groups attached to an aromatic ring is 1. The Hall–Kier alpha value is -2.63. The maximum absolute atomic E-state index is 12.2. The predicted octanol–water partition coefficient (Wildman–Crippen LogP) is 1.88. The van der Waals surface area contributed by atoms with Gasteiger partial charge in [0.2, 0.25) is 0 Å². The van der Waals surface area contributed by atoms with Crippen molar-refractivity contribution in [2.24, 2.45) is 7.05 Å². The van der Waals surface area contributed by atoms with Gasteiger partial charge in [-0.1, -0.05) is 0 Å². The third kappa shape index (κ3) is 2.85. The number of nitrogens with two attached hydrogens (primary N) is 1. The number of carbonyl (C=O) groups excluding carboxylic acids is 1. The Bertz CT molecular complexity index is 612. The number of hydrogen-bond donors (Lipinski definition) is 2. The number of rotatable bonds is 4. The number of anilines is 2. The second kappa shape index (κ2) is 5.56. The molecule has 2 aromatic rings. The number of carbonyl (C=O) groups is 1. The summed E-state index contributed by atoms with van der Waals surface area (Å²) in [4.78, 5) is 12.2. The van der Waals surface area contributed by atoms with Gasteiger partial charge in [-0.3, -0.25) is 4.79 Å². The first-order valence-electron chi connectivity index (χ1n) is 5.99. The number of amides is 1. The van der Waals surface area contributed by atoms with E-state index in [1.165, 1.54) is 0 Å². The first-order chi connectivity index (χ1) is 9.53. The molecule has 1 aromatic heterocycles. The van der Waals surface area contributed by atoms with E-state index in [0.717, 1.165) is 0 Å². The number of nitrogens with one attached hydrogen (secondary N) is 1. The molecule has 0 saturated heterocycles. The lowest BCUT2D eigenvalue weighted by Crippen LogP contribution is -2.15. The van der Waals surface area contributed by atoms with Gasteiger partial charge in [0.15, 0.2) is 0 Å². The van der Waals surface area contributed by atoms with E-state index in [4.69, 9.17) is 15.2 Å². The number of ether oxygens (including phenoxy) is 2. The highest BCUT2D eigenvalue weighted by molar-refractivity contribution is 6.04. The molecular formula is C14H17N3O3. The highest BCUT2D eigenvalue weighted by Crippen LogP contribution is 2.26. The molecule has 20 heavy (non-hydrogen) atoms. The summed E-state index contributed by atoms with van der Waals surface area (Å²) in [6, 6.07) is 6.78. The molecule has 0 radical (unpaired) electrons. The van der Waals surface area contributed by atoms with E-state index in [1.54, 1.807) is 56.3 Å². The van der Waals surface area contributed by atoms with Gasteiger partial charge in [-0.05, 0) is 6.07 Å². The second-order valence-corrected chi connectivity index (χ2v) is 4.33. The Morgan fingerprint density at radius 1 is 1.15 bits per heavy atom. The zero-order valence-corrected chi connectivity index (χ0v) is 11.6. The van der Waals surface area contributed by atoms with Crippen LogP contribution in [0.15, 0.2) is 30.5 Å². The molecule has 1 heterocycles. The van der Waals surface area contributed by atoms with E-state index in [1.807, 2.05) is 0 Å². The van der Waals surface area contributed by atoms with Crippen molar-refractivity contribution < 1.29 is 14.3 Å². The Morgan fingerprint density at radius 3 is 2.20 bits per heavy atom. The molecule has 6 nitrogen and oxygen atoms in total. The van der Waals surface area contributed by atoms with Crippen molar-refractivity contribution in [2.45, 2.75) is 0 Å². The maximum Gasteiger partial charge on any atom is 0.272 e. The third-order valence-electron chi connectivity index (χ3n) is 2.87. The summed E-state index contributed by atoms with van der Waals surface area (Å²) in [6.07, 6.45) is 1.68. The molecule has 3 N–H and O–H groups in total. The monoisotopic (exact) mass is 275 g/mol. The fourth-order valence-electron chi connectivity index (χ4n) is 1.89. The summed E-state index contributed by atoms with van der Waals surface area (Å²) < 4.78 is 12.0. The van der Waals surface area contributed by atoms with Crippen molar-refractivity contribution >= 4 is 17.3 Å². The van der Waals surface area contributed by atoms with Crippen molar-refractivity contribution in [2.75, 3.05) is 25.3 Å². The van der Waals surface area contributed by atoms with E-state index in [-0.39, 0.29) is 5.91 Å². The van der Waals surface area contributed by atoms with Crippen LogP contribution in [0.4, 0.5) is 11.4 Å². The number of nitrogens with zero attached hydrogens (tertiary/aromatic N) is 1. The molecule has 6 heteroatoms. The largest absolute Gasteiger partial charge is 0.497 e. The normalized spacial score (nSPS) is 10.2. The SMILES string of the molecule is COc1cc(NC(=O)c2cc(N)cn2C)cc(OC)c1. The molecule has 0 aliphatic carbocycles. The Balaban J connectivity index is 2.25. The van der Waals surface area contributed by atoms with Crippen LogP contribution < -0.4 is 20.5 Å². The second-order valence-electron chi connectivity index (χ2n) is 4.33. The quantitative estimate of drug-likeness (QED) is 0.893. The van der Waals surface area contributed by atoms with Crippen molar-refractivity contribution in [3.8, 4) is 11.5 Å². The van der Waals surface area contributed by atoms with Gasteiger partial charge in [0.05, 0.1) is 19.9 Å². The molecule has 0 aliphatic rings. The van der Waals surface area contributed by atoms with Crippen LogP contribution >= 0.6 is 0 Å². The summed E-state index contributed by atoms with van der Waals surface area (Å²) in [5, 5.41) is 2.79. The smallest absolute Gasteiger partial charge is 0.272 e. The third-order valence-corrected chi connectivity index (χ3v) is 2.87. The van der Waals surface area contributed by atoms with Crippen molar-refractivity contribution in [3.05, 3.63) is 36.2 Å². The molecule has 0 fully saturated rings. The van der Waals surface area contributed by atoms with Gasteiger partial charge in [-0.25, -0.2) is 0 Å². The molecule has 0 saturated carbocycles. The van der Waals surface area contributed by atoms with Gasteiger partial charge in [0, 0.05) is 37.1 Å². The van der Waals surface area contributed by atoms with Crippen molar-refractivity contribution in [1.29, 1.82) is 0 Å². The van der Waals surface area contributed by atoms with Gasteiger partial charge < -0.3 is 25.1 Å². The zero-order chi connectivity index (χ0) is 14.7. The summed E-state index contributed by atoms with van der Waals surface area (Å²) in [5.41, 5.74) is 7.27. The lowest BCUT2D eigenvalue weighted by molar-refractivity contribution is 0.101. The molecule has 0 spiro atoms. The fourth-order valence-corrected chi connectivity index (χ4v) is 1.89. The predicted molar refractivity (Wildman–Crippen MR) is 77.3 cm³/mol. The minimum Gasteiger partial charge on any atom is -0.497 e. The molecule has 1 aromatic carbocycles. The number of hydrogen-bond acceptors (Lipinski definition) is 4. The number of methoxy groups -OCH3 is 2. The van der Waals surface area contributed by atoms with Crippen LogP contribution in [0, 0.1) is 0 Å². The summed E-state index contributed by atoms with van der Waals surface area (Å²) in [6.45, 7) is 0. The molecule has 2 rings (SSSR count). The average molecular weight is 275 g/mol. The molecule has 106 valence electrons. The van der Waals surface area contributed by atoms with Crippen LogP contribution in [0.2, 0.25) is 0 Å². The molecule has 0 atom stereocenters. The van der Waals surface area contributed by atoms with Crippen LogP contribution in [0.25, 0.3) is 0 Å². The van der Waals surface area contributed by atoms with E-state index >= 15 is 0 Å². The van der Waals surface area contributed by atoms with Crippen LogP contribution in [-0.4, -0.2) is 24.7 Å². The van der Waals surface area contributed by atoms with Crippen LogP contribution in [0.5, 0.6) is 11.5 Å². The number of aryl methyl sites for hydroxylation is 1. The van der Waals surface area contributed by atoms with Crippen LogP contribution in [0.1, 0.15) is 10.5 Å². The Kier molecular flexibility index (Phi) is 3.84. The fraction of sp³-hybridized carbons (Fsp3) is 0.214. The summed E-state index contributed by atoms with van der Waals surface area (Å²) >= 11 is 0. The van der Waals surface area contributed by atoms with E-state index in [0.29, 0.717) is 28.6 Å². The topological polar surface area (TPSA) is 78.5 Å². The van der Waals surface area contributed by atoms with E-state index in [2.05, 4.69) is 5.32 Å². The Morgan fingerprint density at radius 2 is 1.75 bits per heavy atom. The van der Waals surface area contributed by atoms with Gasteiger partial charge >= 0.3 is 0 Å². The Labute approximate surface area is 117 Å². The zero-order valence-electron chi connectivity index (χ0n) is 11.6. The van der Waals surface area contributed by atoms with Crippen molar-refractivity contribution in [1.82, 2.24) is 4.57 Å². The average Bonchev–Trinajstić information content (AvgIpc) is 2.77. The first kappa shape index (κ1) is 13.8. The van der Waals surface area contributed by atoms with Gasteiger partial charge in [0.25, 0.3) is 5.91 Å². The van der Waals surface area contributed by atoms with E-state index in [9.17, 15) is 4.79 Å². The molecule has 0 aliphatic heterocycles. The lowest BCUT2D eigenvalue weighted by Gasteiger charge is -2.10. The van der Waals surface area contributed by atoms with Crippen molar-refractivity contribution in [3.63, 3.8) is 0 Å². The summed E-state index contributed by atoms with van der Waals surface area (Å²) in [7, 11) is 4.87. The molecule has 0 unspecified atom stereocenters. The van der Waals surface area contributed by atoms with Gasteiger partial charge in [-0.15, -0.1) is 0 Å². The highest BCUT2D eigenvalue weighted by atomic mass is 16.5. The molecular weight excluding hydrogens is 258 g/mol. The number of aromatic nitrogens is 1. The first-order valence-corrected chi connectivity index (χ1v) is 5.99. The minimum atomic E-state index is -0.250.